The minimum atomic E-state index is -0.391. The average Bonchev–Trinajstić information content (AvgIpc) is 3.07. The number of nitrogens with zero attached hydrogens (tertiary/aromatic N) is 2. The Morgan fingerprint density at radius 1 is 1.04 bits per heavy atom. The molecule has 0 radical (unpaired) electrons. The topological polar surface area (TPSA) is 54.9 Å². The Bertz CT molecular complexity index is 867. The second kappa shape index (κ2) is 9.37. The lowest BCUT2D eigenvalue weighted by Crippen LogP contribution is -2.12. The second-order valence-corrected chi connectivity index (χ2v) is 8.50. The van der Waals surface area contributed by atoms with Gasteiger partial charge in [-0.1, -0.05) is 82.7 Å². The molecular weight excluding hydrogens is 409 g/mol. The quantitative estimate of drug-likeness (QED) is 0.295. The smallest absolute Gasteiger partial charge is 0.260 e. The van der Waals surface area contributed by atoms with Crippen LogP contribution in [-0.4, -0.2) is 21.9 Å². The second-order valence-electron chi connectivity index (χ2n) is 5.36. The van der Waals surface area contributed by atoms with Gasteiger partial charge >= 0.3 is 0 Å². The third kappa shape index (κ3) is 5.20. The van der Waals surface area contributed by atoms with Gasteiger partial charge in [0.15, 0.2) is 4.34 Å². The number of hydrogen-bond acceptors (Lipinski definition) is 5. The highest BCUT2D eigenvalue weighted by atomic mass is 35.5. The van der Waals surface area contributed by atoms with Crippen LogP contribution in [0.2, 0.25) is 10.0 Å². The van der Waals surface area contributed by atoms with Gasteiger partial charge in [-0.05, 0) is 30.5 Å². The van der Waals surface area contributed by atoms with Crippen molar-refractivity contribution in [1.82, 2.24) is 10.2 Å². The molecule has 0 saturated heterocycles. The number of carbonyl (C=O) groups excluding carboxylic acids is 1. The fourth-order valence-electron chi connectivity index (χ4n) is 2.27. The van der Waals surface area contributed by atoms with Crippen molar-refractivity contribution in [3.05, 3.63) is 69.7 Å². The molecule has 0 atom stereocenters. The van der Waals surface area contributed by atoms with Gasteiger partial charge in [0.05, 0.1) is 15.6 Å². The molecular formula is C18H15Cl2N3OS2. The molecule has 1 N–H and O–H groups in total. The Balaban J connectivity index is 1.51. The lowest BCUT2D eigenvalue weighted by molar-refractivity contribution is 0.102. The molecule has 0 unspecified atom stereocenters. The Kier molecular flexibility index (Phi) is 6.91. The molecule has 3 aromatic rings. The number of hydrogen-bond donors (Lipinski definition) is 1. The minimum absolute atomic E-state index is 0.239. The van der Waals surface area contributed by atoms with E-state index in [4.69, 9.17) is 23.2 Å². The lowest BCUT2D eigenvalue weighted by Gasteiger charge is -2.05. The van der Waals surface area contributed by atoms with Crippen LogP contribution in [0.15, 0.2) is 52.9 Å². The standard InChI is InChI=1S/C18H15Cl2N3OS2/c19-13-9-4-10-14(20)15(13)16(24)21-17-22-23-18(26-17)25-11-5-8-12-6-2-1-3-7-12/h1-4,6-7,9-10H,5,8,11H2,(H,21,22,24). The maximum absolute atomic E-state index is 12.3. The maximum Gasteiger partial charge on any atom is 0.260 e. The van der Waals surface area contributed by atoms with Crippen molar-refractivity contribution in [2.75, 3.05) is 11.1 Å². The van der Waals surface area contributed by atoms with Crippen LogP contribution < -0.4 is 5.32 Å². The van der Waals surface area contributed by atoms with Gasteiger partial charge < -0.3 is 0 Å². The van der Waals surface area contributed by atoms with Crippen molar-refractivity contribution >= 4 is 57.3 Å². The number of amides is 1. The molecule has 1 aromatic heterocycles. The predicted octanol–water partition coefficient (Wildman–Crippen LogP) is 5.82. The first-order valence-electron chi connectivity index (χ1n) is 7.89. The molecule has 0 aliphatic heterocycles. The number of halogens is 2. The summed E-state index contributed by atoms with van der Waals surface area (Å²) in [5, 5.41) is 11.8. The van der Waals surface area contributed by atoms with Gasteiger partial charge in [0.25, 0.3) is 5.91 Å². The molecule has 4 nitrogen and oxygen atoms in total. The zero-order chi connectivity index (χ0) is 18.4. The third-order valence-corrected chi connectivity index (χ3v) is 6.18. The zero-order valence-corrected chi connectivity index (χ0v) is 16.8. The molecule has 0 fully saturated rings. The fraction of sp³-hybridized carbons (Fsp3) is 0.167. The van der Waals surface area contributed by atoms with Gasteiger partial charge in [0.2, 0.25) is 5.13 Å². The van der Waals surface area contributed by atoms with Crippen LogP contribution in [0.3, 0.4) is 0 Å². The number of thioether (sulfide) groups is 1. The van der Waals surface area contributed by atoms with Gasteiger partial charge in [-0.15, -0.1) is 10.2 Å². The molecule has 0 saturated carbocycles. The molecule has 8 heteroatoms. The van der Waals surface area contributed by atoms with Crippen molar-refractivity contribution in [2.24, 2.45) is 0 Å². The largest absolute Gasteiger partial charge is 0.296 e. The summed E-state index contributed by atoms with van der Waals surface area (Å²) in [4.78, 5) is 12.3. The number of carbonyl (C=O) groups is 1. The number of aryl methyl sites for hydroxylation is 1. The molecule has 2 aromatic carbocycles. The lowest BCUT2D eigenvalue weighted by atomic mass is 10.1. The molecule has 0 aliphatic carbocycles. The highest BCUT2D eigenvalue weighted by Gasteiger charge is 2.16. The van der Waals surface area contributed by atoms with E-state index < -0.39 is 5.91 Å². The van der Waals surface area contributed by atoms with Crippen LogP contribution >= 0.6 is 46.3 Å². The van der Waals surface area contributed by atoms with E-state index >= 15 is 0 Å². The summed E-state index contributed by atoms with van der Waals surface area (Å²) < 4.78 is 0.818. The van der Waals surface area contributed by atoms with Crippen LogP contribution in [0, 0.1) is 0 Å². The maximum atomic E-state index is 12.3. The molecule has 26 heavy (non-hydrogen) atoms. The number of aromatic nitrogens is 2. The van der Waals surface area contributed by atoms with Crippen molar-refractivity contribution in [3.8, 4) is 0 Å². The highest BCUT2D eigenvalue weighted by Crippen LogP contribution is 2.29. The van der Waals surface area contributed by atoms with Gasteiger partial charge in [-0.25, -0.2) is 0 Å². The minimum Gasteiger partial charge on any atom is -0.296 e. The van der Waals surface area contributed by atoms with Crippen molar-refractivity contribution < 1.29 is 4.79 Å². The molecule has 134 valence electrons. The molecule has 1 heterocycles. The number of anilines is 1. The van der Waals surface area contributed by atoms with E-state index in [-0.39, 0.29) is 5.56 Å². The summed E-state index contributed by atoms with van der Waals surface area (Å²) in [5.41, 5.74) is 1.57. The molecule has 0 spiro atoms. The summed E-state index contributed by atoms with van der Waals surface area (Å²) in [6, 6.07) is 15.3. The first kappa shape index (κ1) is 19.2. The van der Waals surface area contributed by atoms with Crippen LogP contribution in [0.5, 0.6) is 0 Å². The summed E-state index contributed by atoms with van der Waals surface area (Å²) in [6.07, 6.45) is 2.08. The van der Waals surface area contributed by atoms with Crippen LogP contribution in [0.1, 0.15) is 22.3 Å². The van der Waals surface area contributed by atoms with Gasteiger partial charge in [-0.2, -0.15) is 0 Å². The van der Waals surface area contributed by atoms with Crippen LogP contribution in [-0.2, 0) is 6.42 Å². The summed E-state index contributed by atoms with van der Waals surface area (Å²) in [6.45, 7) is 0. The monoisotopic (exact) mass is 423 g/mol. The van der Waals surface area contributed by atoms with E-state index in [1.165, 1.54) is 16.9 Å². The van der Waals surface area contributed by atoms with E-state index in [1.807, 2.05) is 18.2 Å². The van der Waals surface area contributed by atoms with E-state index in [1.54, 1.807) is 30.0 Å². The summed E-state index contributed by atoms with van der Waals surface area (Å²) in [5.74, 6) is 0.547. The fourth-order valence-corrected chi connectivity index (χ4v) is 4.60. The average molecular weight is 424 g/mol. The molecule has 0 aliphatic rings. The van der Waals surface area contributed by atoms with Gasteiger partial charge in [-0.3, -0.25) is 10.1 Å². The van der Waals surface area contributed by atoms with Crippen LogP contribution in [0.4, 0.5) is 5.13 Å². The Labute approximate surface area is 169 Å². The normalized spacial score (nSPS) is 10.7. The first-order chi connectivity index (χ1) is 12.6. The molecule has 1 amide bonds. The zero-order valence-electron chi connectivity index (χ0n) is 13.6. The highest BCUT2D eigenvalue weighted by molar-refractivity contribution is 8.01. The Hall–Kier alpha value is -1.60. The SMILES string of the molecule is O=C(Nc1nnc(SCCCc2ccccc2)s1)c1c(Cl)cccc1Cl. The van der Waals surface area contributed by atoms with Gasteiger partial charge in [0.1, 0.15) is 0 Å². The predicted molar refractivity (Wildman–Crippen MR) is 110 cm³/mol. The van der Waals surface area contributed by atoms with E-state index in [2.05, 4.69) is 27.6 Å². The third-order valence-electron chi connectivity index (χ3n) is 3.49. The number of rotatable bonds is 7. The van der Waals surface area contributed by atoms with Crippen molar-refractivity contribution in [2.45, 2.75) is 17.2 Å². The van der Waals surface area contributed by atoms with Gasteiger partial charge in [0, 0.05) is 5.75 Å². The van der Waals surface area contributed by atoms with E-state index in [0.717, 1.165) is 22.9 Å². The summed E-state index contributed by atoms with van der Waals surface area (Å²) >= 11 is 15.1. The first-order valence-corrected chi connectivity index (χ1v) is 10.4. The van der Waals surface area contributed by atoms with E-state index in [0.29, 0.717) is 15.2 Å². The number of nitrogens with one attached hydrogen (secondary N) is 1. The molecule has 0 bridgehead atoms. The van der Waals surface area contributed by atoms with Crippen LogP contribution in [0.25, 0.3) is 0 Å². The van der Waals surface area contributed by atoms with Crippen molar-refractivity contribution in [1.29, 1.82) is 0 Å². The molecule has 3 rings (SSSR count). The number of benzene rings is 2. The summed E-state index contributed by atoms with van der Waals surface area (Å²) in [7, 11) is 0. The van der Waals surface area contributed by atoms with E-state index in [9.17, 15) is 4.79 Å². The Morgan fingerprint density at radius 2 is 1.77 bits per heavy atom. The Morgan fingerprint density at radius 3 is 2.50 bits per heavy atom. The van der Waals surface area contributed by atoms with Crippen molar-refractivity contribution in [3.63, 3.8) is 0 Å².